The molecule has 3 aromatic carbocycles. The molecule has 0 saturated carbocycles. The molecule has 1 amide bonds. The van der Waals surface area contributed by atoms with Crippen LogP contribution < -0.4 is 4.74 Å². The monoisotopic (exact) mass is 539 g/mol. The molecule has 6 nitrogen and oxygen atoms in total. The van der Waals surface area contributed by atoms with Crippen LogP contribution in [-0.2, 0) is 20.9 Å². The standard InChI is InChI=1S/C29H27Cl2NO5/c1-18-15-21(37-17-19-7-4-3-5-8-19)10-11-22(18)27(33)25-26(20-9-12-23(30)24(31)16-20)32(13-6-14-36-2)29(35)28(25)34/h3-5,7-12,15-16,26,33H,6,13-14,17H2,1-2H3/t26-/m0/s1. The molecule has 37 heavy (non-hydrogen) atoms. The minimum atomic E-state index is -0.819. The first kappa shape index (κ1) is 26.7. The minimum Gasteiger partial charge on any atom is -0.507 e. The van der Waals surface area contributed by atoms with Crippen molar-refractivity contribution in [2.75, 3.05) is 20.3 Å². The molecule has 3 aromatic rings. The first-order chi connectivity index (χ1) is 17.8. The summed E-state index contributed by atoms with van der Waals surface area (Å²) in [6.45, 7) is 2.90. The van der Waals surface area contributed by atoms with E-state index >= 15 is 0 Å². The summed E-state index contributed by atoms with van der Waals surface area (Å²) in [7, 11) is 1.57. The molecule has 0 unspecified atom stereocenters. The lowest BCUT2D eigenvalue weighted by atomic mass is 9.94. The third-order valence-electron chi connectivity index (χ3n) is 6.25. The van der Waals surface area contributed by atoms with E-state index in [-0.39, 0.29) is 22.9 Å². The average Bonchev–Trinajstić information content (AvgIpc) is 3.14. The third-order valence-corrected chi connectivity index (χ3v) is 6.99. The van der Waals surface area contributed by atoms with Gasteiger partial charge in [-0.2, -0.15) is 0 Å². The number of rotatable bonds is 9. The molecule has 1 atom stereocenters. The van der Waals surface area contributed by atoms with Gasteiger partial charge in [0, 0.05) is 25.8 Å². The molecule has 0 aromatic heterocycles. The molecule has 1 aliphatic heterocycles. The number of ether oxygens (including phenoxy) is 2. The predicted octanol–water partition coefficient (Wildman–Crippen LogP) is 6.34. The molecule has 0 bridgehead atoms. The summed E-state index contributed by atoms with van der Waals surface area (Å²) in [5.74, 6) is -1.07. The van der Waals surface area contributed by atoms with Crippen molar-refractivity contribution in [2.24, 2.45) is 0 Å². The van der Waals surface area contributed by atoms with Gasteiger partial charge in [0.05, 0.1) is 21.7 Å². The van der Waals surface area contributed by atoms with Crippen molar-refractivity contribution in [3.05, 3.63) is 105 Å². The van der Waals surface area contributed by atoms with Gasteiger partial charge in [-0.1, -0.05) is 59.6 Å². The fraction of sp³-hybridized carbons (Fsp3) is 0.241. The highest BCUT2D eigenvalue weighted by Crippen LogP contribution is 2.41. The van der Waals surface area contributed by atoms with Crippen LogP contribution in [0.3, 0.4) is 0 Å². The summed E-state index contributed by atoms with van der Waals surface area (Å²) in [6, 6.07) is 19.1. The minimum absolute atomic E-state index is 0.00172. The van der Waals surface area contributed by atoms with E-state index in [2.05, 4.69) is 0 Å². The van der Waals surface area contributed by atoms with Gasteiger partial charge in [0.15, 0.2) is 0 Å². The molecular weight excluding hydrogens is 513 g/mol. The van der Waals surface area contributed by atoms with Gasteiger partial charge in [-0.25, -0.2) is 0 Å². The number of benzene rings is 3. The Bertz CT molecular complexity index is 1340. The van der Waals surface area contributed by atoms with Crippen molar-refractivity contribution < 1.29 is 24.2 Å². The Morgan fingerprint density at radius 3 is 2.43 bits per heavy atom. The Morgan fingerprint density at radius 1 is 1.00 bits per heavy atom. The van der Waals surface area contributed by atoms with Gasteiger partial charge in [-0.05, 0) is 60.4 Å². The van der Waals surface area contributed by atoms with Crippen LogP contribution in [-0.4, -0.2) is 42.0 Å². The summed E-state index contributed by atoms with van der Waals surface area (Å²) in [4.78, 5) is 27.7. The maximum Gasteiger partial charge on any atom is 0.295 e. The number of amides is 1. The summed E-state index contributed by atoms with van der Waals surface area (Å²) >= 11 is 12.4. The fourth-order valence-corrected chi connectivity index (χ4v) is 4.70. The molecule has 0 spiro atoms. The van der Waals surface area contributed by atoms with Crippen LogP contribution in [0, 0.1) is 6.92 Å². The van der Waals surface area contributed by atoms with Gasteiger partial charge in [-0.15, -0.1) is 0 Å². The number of halogens is 2. The van der Waals surface area contributed by atoms with E-state index in [1.54, 1.807) is 43.5 Å². The number of nitrogens with zero attached hydrogens (tertiary/aromatic N) is 1. The Kier molecular flexibility index (Phi) is 8.54. The molecule has 1 heterocycles. The number of aliphatic hydroxyl groups excluding tert-OH is 1. The SMILES string of the molecule is COCCCN1C(=O)C(=O)C(=C(O)c2ccc(OCc3ccccc3)cc2C)[C@@H]1c1ccc(Cl)c(Cl)c1. The molecule has 1 aliphatic rings. The summed E-state index contributed by atoms with van der Waals surface area (Å²) in [5, 5.41) is 12.0. The van der Waals surface area contributed by atoms with E-state index < -0.39 is 17.7 Å². The molecule has 1 N–H and O–H groups in total. The van der Waals surface area contributed by atoms with Crippen LogP contribution in [0.5, 0.6) is 5.75 Å². The molecule has 8 heteroatoms. The normalized spacial score (nSPS) is 16.9. The van der Waals surface area contributed by atoms with Crippen LogP contribution >= 0.6 is 23.2 Å². The molecule has 0 aliphatic carbocycles. The van der Waals surface area contributed by atoms with Gasteiger partial charge in [0.2, 0.25) is 0 Å². The highest BCUT2D eigenvalue weighted by atomic mass is 35.5. The van der Waals surface area contributed by atoms with Crippen LogP contribution in [0.2, 0.25) is 10.0 Å². The number of carbonyl (C=O) groups is 2. The second kappa shape index (κ2) is 11.8. The van der Waals surface area contributed by atoms with E-state index in [9.17, 15) is 14.7 Å². The first-order valence-electron chi connectivity index (χ1n) is 11.8. The second-order valence-corrected chi connectivity index (χ2v) is 9.58. The first-order valence-corrected chi connectivity index (χ1v) is 12.6. The number of carbonyl (C=O) groups excluding carboxylic acids is 2. The Labute approximate surface area is 226 Å². The maximum atomic E-state index is 13.2. The van der Waals surface area contributed by atoms with E-state index in [1.807, 2.05) is 37.3 Å². The van der Waals surface area contributed by atoms with Crippen molar-refractivity contribution in [3.8, 4) is 5.75 Å². The lowest BCUT2D eigenvalue weighted by molar-refractivity contribution is -0.140. The zero-order valence-corrected chi connectivity index (χ0v) is 22.1. The van der Waals surface area contributed by atoms with Crippen molar-refractivity contribution in [1.82, 2.24) is 4.90 Å². The Morgan fingerprint density at radius 2 is 1.76 bits per heavy atom. The number of ketones is 1. The van der Waals surface area contributed by atoms with Crippen molar-refractivity contribution >= 4 is 40.7 Å². The van der Waals surface area contributed by atoms with E-state index in [1.165, 1.54) is 4.90 Å². The lowest BCUT2D eigenvalue weighted by Gasteiger charge is -2.25. The molecular formula is C29H27Cl2NO5. The zero-order chi connectivity index (χ0) is 26.5. The highest BCUT2D eigenvalue weighted by Gasteiger charge is 2.46. The molecule has 4 rings (SSSR count). The van der Waals surface area contributed by atoms with Crippen LogP contribution in [0.15, 0.2) is 72.3 Å². The quantitative estimate of drug-likeness (QED) is 0.148. The topological polar surface area (TPSA) is 76.1 Å². The largest absolute Gasteiger partial charge is 0.507 e. The van der Waals surface area contributed by atoms with Gasteiger partial charge < -0.3 is 19.5 Å². The Hall–Kier alpha value is -3.32. The summed E-state index contributed by atoms with van der Waals surface area (Å²) < 4.78 is 11.0. The van der Waals surface area contributed by atoms with Crippen molar-refractivity contribution in [1.29, 1.82) is 0 Å². The van der Waals surface area contributed by atoms with Crippen molar-refractivity contribution in [3.63, 3.8) is 0 Å². The molecule has 1 saturated heterocycles. The third kappa shape index (κ3) is 5.82. The number of hydrogen-bond donors (Lipinski definition) is 1. The molecule has 1 fully saturated rings. The highest BCUT2D eigenvalue weighted by molar-refractivity contribution is 6.47. The van der Waals surface area contributed by atoms with Crippen LogP contribution in [0.1, 0.15) is 34.7 Å². The number of Topliss-reactive ketones (excluding diaryl/α,β-unsaturated/α-hetero) is 1. The summed E-state index contributed by atoms with van der Waals surface area (Å²) in [5.41, 5.74) is 2.74. The average molecular weight is 540 g/mol. The number of methoxy groups -OCH3 is 1. The van der Waals surface area contributed by atoms with Crippen molar-refractivity contribution in [2.45, 2.75) is 26.0 Å². The number of aryl methyl sites for hydroxylation is 1. The van der Waals surface area contributed by atoms with Gasteiger partial charge in [-0.3, -0.25) is 9.59 Å². The summed E-state index contributed by atoms with van der Waals surface area (Å²) in [6.07, 6.45) is 0.522. The van der Waals surface area contributed by atoms with Crippen LogP contribution in [0.25, 0.3) is 5.76 Å². The zero-order valence-electron chi connectivity index (χ0n) is 20.5. The second-order valence-electron chi connectivity index (χ2n) is 8.76. The maximum absolute atomic E-state index is 13.2. The van der Waals surface area contributed by atoms with E-state index in [4.69, 9.17) is 32.7 Å². The number of aliphatic hydroxyl groups is 1. The van der Waals surface area contributed by atoms with Gasteiger partial charge >= 0.3 is 0 Å². The van der Waals surface area contributed by atoms with Gasteiger partial charge in [0.1, 0.15) is 18.1 Å². The van der Waals surface area contributed by atoms with Crippen LogP contribution in [0.4, 0.5) is 0 Å². The molecule has 0 radical (unpaired) electrons. The smallest absolute Gasteiger partial charge is 0.295 e. The van der Waals surface area contributed by atoms with Gasteiger partial charge in [0.25, 0.3) is 11.7 Å². The lowest BCUT2D eigenvalue weighted by Crippen LogP contribution is -2.31. The molecule has 192 valence electrons. The number of hydrogen-bond acceptors (Lipinski definition) is 5. The fourth-order valence-electron chi connectivity index (χ4n) is 4.40. The van der Waals surface area contributed by atoms with E-state index in [0.29, 0.717) is 47.1 Å². The van der Waals surface area contributed by atoms with E-state index in [0.717, 1.165) is 5.56 Å². The number of likely N-dealkylation sites (tertiary alicyclic amines) is 1. The predicted molar refractivity (Wildman–Crippen MR) is 144 cm³/mol. The Balaban J connectivity index is 1.71.